The van der Waals surface area contributed by atoms with Gasteiger partial charge in [-0.1, -0.05) is 39.8 Å². The normalized spacial score (nSPS) is 25.5. The fraction of sp³-hybridized carbons (Fsp3) is 0.583. The van der Waals surface area contributed by atoms with E-state index in [1.165, 1.54) is 5.56 Å². The smallest absolute Gasteiger partial charge is 0.123 e. The molecule has 2 heterocycles. The molecule has 0 radical (unpaired) electrons. The minimum Gasteiger partial charge on any atom is -0.468 e. The van der Waals surface area contributed by atoms with Gasteiger partial charge in [-0.25, -0.2) is 4.39 Å². The first-order chi connectivity index (χ1) is 13.4. The third kappa shape index (κ3) is 5.03. The standard InChI is InChI=1S/C24H34FNO2/c1-17(2)22-14-24(15-23(28-22)18(3)4,19-7-9-20(25)10-8-19)11-12-26-16-21-6-5-13-27-21/h5-10,13,17-18,22-23,26H,11-12,14-16H2,1-4H3/t22-,23+,24?. The van der Waals surface area contributed by atoms with Gasteiger partial charge in [0.2, 0.25) is 0 Å². The maximum Gasteiger partial charge on any atom is 0.123 e. The lowest BCUT2D eigenvalue weighted by atomic mass is 9.66. The van der Waals surface area contributed by atoms with E-state index in [1.807, 2.05) is 24.3 Å². The van der Waals surface area contributed by atoms with Crippen LogP contribution in [0.1, 0.15) is 58.3 Å². The summed E-state index contributed by atoms with van der Waals surface area (Å²) in [4.78, 5) is 0. The van der Waals surface area contributed by atoms with Crippen LogP contribution in [-0.4, -0.2) is 18.8 Å². The van der Waals surface area contributed by atoms with E-state index in [0.29, 0.717) is 11.8 Å². The Labute approximate surface area is 168 Å². The van der Waals surface area contributed by atoms with Crippen molar-refractivity contribution in [3.63, 3.8) is 0 Å². The van der Waals surface area contributed by atoms with Crippen LogP contribution in [0.15, 0.2) is 47.1 Å². The van der Waals surface area contributed by atoms with Crippen molar-refractivity contribution in [1.82, 2.24) is 5.32 Å². The Morgan fingerprint density at radius 1 is 1.04 bits per heavy atom. The highest BCUT2D eigenvalue weighted by molar-refractivity contribution is 5.27. The molecular weight excluding hydrogens is 353 g/mol. The zero-order valence-corrected chi connectivity index (χ0v) is 17.6. The molecule has 1 aliphatic heterocycles. The molecule has 1 aliphatic rings. The van der Waals surface area contributed by atoms with Crippen molar-refractivity contribution in [2.45, 2.75) is 71.1 Å². The van der Waals surface area contributed by atoms with Crippen LogP contribution in [0.25, 0.3) is 0 Å². The van der Waals surface area contributed by atoms with Crippen LogP contribution in [0, 0.1) is 17.7 Å². The van der Waals surface area contributed by atoms with Crippen LogP contribution in [-0.2, 0) is 16.7 Å². The number of furan rings is 1. The number of ether oxygens (including phenoxy) is 1. The number of hydrogen-bond donors (Lipinski definition) is 1. The molecule has 1 aromatic heterocycles. The van der Waals surface area contributed by atoms with Crippen molar-refractivity contribution in [2.24, 2.45) is 11.8 Å². The zero-order chi connectivity index (χ0) is 20.1. The van der Waals surface area contributed by atoms with E-state index in [2.05, 4.69) is 33.0 Å². The number of benzene rings is 1. The van der Waals surface area contributed by atoms with Crippen molar-refractivity contribution >= 4 is 0 Å². The van der Waals surface area contributed by atoms with Crippen molar-refractivity contribution in [3.8, 4) is 0 Å². The van der Waals surface area contributed by atoms with E-state index in [4.69, 9.17) is 9.15 Å². The molecule has 3 rings (SSSR count). The summed E-state index contributed by atoms with van der Waals surface area (Å²) in [6, 6.07) is 11.0. The van der Waals surface area contributed by atoms with E-state index in [1.54, 1.807) is 18.4 Å². The van der Waals surface area contributed by atoms with Gasteiger partial charge in [0.05, 0.1) is 25.0 Å². The van der Waals surface area contributed by atoms with Gasteiger partial charge in [0.1, 0.15) is 11.6 Å². The minimum absolute atomic E-state index is 0.00795. The molecule has 154 valence electrons. The van der Waals surface area contributed by atoms with Crippen molar-refractivity contribution in [3.05, 3.63) is 59.8 Å². The predicted molar refractivity (Wildman–Crippen MR) is 111 cm³/mol. The molecule has 1 aromatic carbocycles. The quantitative estimate of drug-likeness (QED) is 0.590. The van der Waals surface area contributed by atoms with Crippen molar-refractivity contribution in [2.75, 3.05) is 6.54 Å². The highest BCUT2D eigenvalue weighted by Gasteiger charge is 2.43. The van der Waals surface area contributed by atoms with Gasteiger partial charge in [-0.05, 0) is 67.5 Å². The summed E-state index contributed by atoms with van der Waals surface area (Å²) in [6.45, 7) is 10.5. The van der Waals surface area contributed by atoms with Gasteiger partial charge in [0.15, 0.2) is 0 Å². The average Bonchev–Trinajstić information content (AvgIpc) is 3.19. The summed E-state index contributed by atoms with van der Waals surface area (Å²) < 4.78 is 25.5. The Bertz CT molecular complexity index is 693. The Kier molecular flexibility index (Phi) is 6.95. The summed E-state index contributed by atoms with van der Waals surface area (Å²) in [5, 5.41) is 3.52. The first-order valence-electron chi connectivity index (χ1n) is 10.5. The summed E-state index contributed by atoms with van der Waals surface area (Å²) in [7, 11) is 0. The highest BCUT2D eigenvalue weighted by Crippen LogP contribution is 2.45. The molecule has 1 saturated heterocycles. The third-order valence-electron chi connectivity index (χ3n) is 6.14. The van der Waals surface area contributed by atoms with Crippen LogP contribution in [0.5, 0.6) is 0 Å². The summed E-state index contributed by atoms with van der Waals surface area (Å²) in [6.07, 6.45) is 5.09. The number of rotatable bonds is 8. The lowest BCUT2D eigenvalue weighted by molar-refractivity contribution is -0.118. The molecule has 0 bridgehead atoms. The third-order valence-corrected chi connectivity index (χ3v) is 6.14. The maximum absolute atomic E-state index is 13.6. The molecule has 4 heteroatoms. The SMILES string of the molecule is CC(C)[C@@H]1CC(CCNCc2ccco2)(c2ccc(F)cc2)C[C@H](C(C)C)O1. The Hall–Kier alpha value is -1.65. The fourth-order valence-electron chi connectivity index (χ4n) is 4.30. The molecule has 3 atom stereocenters. The molecule has 1 unspecified atom stereocenters. The second-order valence-electron chi connectivity index (χ2n) is 8.90. The molecular formula is C24H34FNO2. The second kappa shape index (κ2) is 9.23. The Morgan fingerprint density at radius 2 is 1.68 bits per heavy atom. The van der Waals surface area contributed by atoms with Crippen LogP contribution in [0.2, 0.25) is 0 Å². The van der Waals surface area contributed by atoms with Crippen molar-refractivity contribution in [1.29, 1.82) is 0 Å². The predicted octanol–water partition coefficient (Wildman–Crippen LogP) is 5.70. The Morgan fingerprint density at radius 3 is 2.21 bits per heavy atom. The van der Waals surface area contributed by atoms with Crippen molar-refractivity contribution < 1.29 is 13.5 Å². The van der Waals surface area contributed by atoms with Gasteiger partial charge in [0.25, 0.3) is 0 Å². The average molecular weight is 388 g/mol. The van der Waals surface area contributed by atoms with Gasteiger partial charge in [-0.3, -0.25) is 0 Å². The molecule has 3 nitrogen and oxygen atoms in total. The topological polar surface area (TPSA) is 34.4 Å². The first-order valence-corrected chi connectivity index (χ1v) is 10.5. The summed E-state index contributed by atoms with van der Waals surface area (Å²) in [5.74, 6) is 1.68. The van der Waals surface area contributed by atoms with Gasteiger partial charge in [0, 0.05) is 5.41 Å². The van der Waals surface area contributed by atoms with Gasteiger partial charge < -0.3 is 14.5 Å². The van der Waals surface area contributed by atoms with E-state index in [0.717, 1.165) is 38.1 Å². The first kappa shape index (κ1) is 21.1. The lowest BCUT2D eigenvalue weighted by Gasteiger charge is -2.48. The maximum atomic E-state index is 13.6. The van der Waals surface area contributed by atoms with Gasteiger partial charge in [-0.15, -0.1) is 0 Å². The number of nitrogens with one attached hydrogen (secondary N) is 1. The van der Waals surface area contributed by atoms with E-state index in [-0.39, 0.29) is 23.4 Å². The van der Waals surface area contributed by atoms with E-state index in [9.17, 15) is 4.39 Å². The number of halogens is 1. The molecule has 1 fully saturated rings. The Balaban J connectivity index is 1.81. The largest absolute Gasteiger partial charge is 0.468 e. The minimum atomic E-state index is -0.178. The molecule has 1 N–H and O–H groups in total. The molecule has 2 aromatic rings. The van der Waals surface area contributed by atoms with E-state index < -0.39 is 0 Å². The number of hydrogen-bond acceptors (Lipinski definition) is 3. The fourth-order valence-corrected chi connectivity index (χ4v) is 4.30. The molecule has 0 spiro atoms. The molecule has 0 aliphatic carbocycles. The monoisotopic (exact) mass is 387 g/mol. The van der Waals surface area contributed by atoms with Crippen LogP contribution < -0.4 is 5.32 Å². The summed E-state index contributed by atoms with van der Waals surface area (Å²) >= 11 is 0. The van der Waals surface area contributed by atoms with Crippen LogP contribution >= 0.6 is 0 Å². The molecule has 0 saturated carbocycles. The molecule has 28 heavy (non-hydrogen) atoms. The lowest BCUT2D eigenvalue weighted by Crippen LogP contribution is -2.48. The second-order valence-corrected chi connectivity index (χ2v) is 8.90. The summed E-state index contributed by atoms with van der Waals surface area (Å²) in [5.41, 5.74) is 1.22. The van der Waals surface area contributed by atoms with Gasteiger partial charge in [-0.2, -0.15) is 0 Å². The zero-order valence-electron chi connectivity index (χ0n) is 17.6. The molecule has 0 amide bonds. The van der Waals surface area contributed by atoms with Crippen LogP contribution in [0.3, 0.4) is 0 Å². The van der Waals surface area contributed by atoms with Gasteiger partial charge >= 0.3 is 0 Å². The highest BCUT2D eigenvalue weighted by atomic mass is 19.1. The van der Waals surface area contributed by atoms with Crippen LogP contribution in [0.4, 0.5) is 4.39 Å². The van der Waals surface area contributed by atoms with E-state index >= 15 is 0 Å².